The molecular weight excluding hydrogens is 399 g/mol. The summed E-state index contributed by atoms with van der Waals surface area (Å²) in [5.41, 5.74) is 2.02. The second kappa shape index (κ2) is 8.87. The molecule has 0 fully saturated rings. The number of rotatable bonds is 6. The number of benzene rings is 3. The highest BCUT2D eigenvalue weighted by Gasteiger charge is 2.26. The van der Waals surface area contributed by atoms with Gasteiger partial charge in [-0.1, -0.05) is 29.8 Å². The molecule has 0 unspecified atom stereocenters. The summed E-state index contributed by atoms with van der Waals surface area (Å²) in [4.78, 5) is 26.4. The van der Waals surface area contributed by atoms with Crippen molar-refractivity contribution >= 4 is 23.2 Å². The number of carbonyl (C=O) groups is 2. The van der Waals surface area contributed by atoms with E-state index in [1.807, 2.05) is 31.2 Å². The number of ether oxygens (including phenoxy) is 2. The second-order valence-electron chi connectivity index (χ2n) is 7.11. The fraction of sp³-hybridized carbons (Fsp3) is 0.167. The van der Waals surface area contributed by atoms with E-state index in [1.54, 1.807) is 29.2 Å². The van der Waals surface area contributed by atoms with Crippen LogP contribution in [0.15, 0.2) is 66.7 Å². The molecule has 3 aromatic rings. The van der Waals surface area contributed by atoms with Crippen LogP contribution in [0.5, 0.6) is 11.5 Å². The number of amides is 2. The lowest BCUT2D eigenvalue weighted by molar-refractivity contribution is -0.121. The van der Waals surface area contributed by atoms with Gasteiger partial charge in [0.05, 0.1) is 17.8 Å². The van der Waals surface area contributed by atoms with Gasteiger partial charge in [-0.25, -0.2) is 4.39 Å². The summed E-state index contributed by atoms with van der Waals surface area (Å²) in [6, 6.07) is 18.4. The summed E-state index contributed by atoms with van der Waals surface area (Å²) in [7, 11) is 0. The summed E-state index contributed by atoms with van der Waals surface area (Å²) in [6.07, 6.45) is 0. The van der Waals surface area contributed by atoms with E-state index in [0.29, 0.717) is 30.3 Å². The Labute approximate surface area is 179 Å². The predicted molar refractivity (Wildman–Crippen MR) is 115 cm³/mol. The van der Waals surface area contributed by atoms with Crippen molar-refractivity contribution in [1.29, 1.82) is 0 Å². The van der Waals surface area contributed by atoms with Gasteiger partial charge in [-0.15, -0.1) is 0 Å². The first-order valence-electron chi connectivity index (χ1n) is 9.84. The van der Waals surface area contributed by atoms with Gasteiger partial charge in [0.2, 0.25) is 0 Å². The van der Waals surface area contributed by atoms with Gasteiger partial charge in [0.15, 0.2) is 6.61 Å². The van der Waals surface area contributed by atoms with Crippen LogP contribution in [0.1, 0.15) is 15.9 Å². The molecule has 0 bridgehead atoms. The number of halogens is 1. The van der Waals surface area contributed by atoms with E-state index in [2.05, 4.69) is 5.32 Å². The van der Waals surface area contributed by atoms with Crippen molar-refractivity contribution in [3.05, 3.63) is 83.7 Å². The van der Waals surface area contributed by atoms with Crippen LogP contribution in [0.4, 0.5) is 15.8 Å². The van der Waals surface area contributed by atoms with Gasteiger partial charge in [-0.2, -0.15) is 0 Å². The zero-order valence-corrected chi connectivity index (χ0v) is 16.9. The maximum absolute atomic E-state index is 13.9. The molecular formula is C24H21FN2O4. The van der Waals surface area contributed by atoms with Crippen LogP contribution in [-0.2, 0) is 4.79 Å². The lowest BCUT2D eigenvalue weighted by Gasteiger charge is -2.29. The molecule has 0 saturated carbocycles. The molecule has 0 radical (unpaired) electrons. The maximum Gasteiger partial charge on any atom is 0.265 e. The van der Waals surface area contributed by atoms with Crippen LogP contribution in [-0.4, -0.2) is 31.6 Å². The zero-order valence-electron chi connectivity index (χ0n) is 16.9. The van der Waals surface area contributed by atoms with E-state index in [-0.39, 0.29) is 18.1 Å². The van der Waals surface area contributed by atoms with E-state index < -0.39 is 11.7 Å². The van der Waals surface area contributed by atoms with Crippen LogP contribution >= 0.6 is 0 Å². The monoisotopic (exact) mass is 420 g/mol. The summed E-state index contributed by atoms with van der Waals surface area (Å²) in [5, 5.41) is 2.67. The second-order valence-corrected chi connectivity index (χ2v) is 7.11. The van der Waals surface area contributed by atoms with Crippen LogP contribution in [0.3, 0.4) is 0 Å². The van der Waals surface area contributed by atoms with Crippen molar-refractivity contribution in [3.63, 3.8) is 0 Å². The van der Waals surface area contributed by atoms with Gasteiger partial charge in [0.1, 0.15) is 23.9 Å². The molecule has 2 amide bonds. The average molecular weight is 420 g/mol. The number of hydrogen-bond donors (Lipinski definition) is 1. The first-order valence-corrected chi connectivity index (χ1v) is 9.84. The van der Waals surface area contributed by atoms with E-state index in [4.69, 9.17) is 9.47 Å². The molecule has 158 valence electrons. The quantitative estimate of drug-likeness (QED) is 0.649. The lowest BCUT2D eigenvalue weighted by atomic mass is 10.1. The molecule has 1 heterocycles. The van der Waals surface area contributed by atoms with Gasteiger partial charge in [-0.3, -0.25) is 9.59 Å². The topological polar surface area (TPSA) is 67.9 Å². The molecule has 0 atom stereocenters. The van der Waals surface area contributed by atoms with E-state index in [1.165, 1.54) is 18.2 Å². The van der Waals surface area contributed by atoms with Crippen molar-refractivity contribution < 1.29 is 23.5 Å². The zero-order chi connectivity index (χ0) is 21.8. The first-order chi connectivity index (χ1) is 15.0. The van der Waals surface area contributed by atoms with Gasteiger partial charge in [-0.05, 0) is 49.4 Å². The number of nitrogens with zero attached hydrogens (tertiary/aromatic N) is 1. The Bertz CT molecular complexity index is 1110. The van der Waals surface area contributed by atoms with E-state index in [9.17, 15) is 14.0 Å². The number of hydrogen-bond acceptors (Lipinski definition) is 4. The summed E-state index contributed by atoms with van der Waals surface area (Å²) in [6.45, 7) is 2.53. The number of fused-ring (bicyclic) bond motifs is 1. The van der Waals surface area contributed by atoms with Gasteiger partial charge >= 0.3 is 0 Å². The Morgan fingerprint density at radius 2 is 1.90 bits per heavy atom. The Morgan fingerprint density at radius 1 is 1.13 bits per heavy atom. The molecule has 6 nitrogen and oxygen atoms in total. The van der Waals surface area contributed by atoms with Crippen molar-refractivity contribution in [2.45, 2.75) is 6.92 Å². The van der Waals surface area contributed by atoms with E-state index in [0.717, 1.165) is 11.3 Å². The molecule has 0 aromatic heterocycles. The Kier molecular flexibility index (Phi) is 5.84. The summed E-state index contributed by atoms with van der Waals surface area (Å²) in [5.74, 6) is -0.143. The van der Waals surface area contributed by atoms with Gasteiger partial charge in [0, 0.05) is 5.69 Å². The maximum atomic E-state index is 13.9. The number of carbonyl (C=O) groups excluding carboxylic acids is 2. The van der Waals surface area contributed by atoms with Crippen molar-refractivity contribution in [1.82, 2.24) is 0 Å². The van der Waals surface area contributed by atoms with Crippen molar-refractivity contribution in [2.24, 2.45) is 0 Å². The predicted octanol–water partition coefficient (Wildman–Crippen LogP) is 4.19. The molecule has 7 heteroatoms. The Morgan fingerprint density at radius 3 is 2.68 bits per heavy atom. The lowest BCUT2D eigenvalue weighted by Crippen LogP contribution is -2.41. The van der Waals surface area contributed by atoms with Crippen LogP contribution in [0.25, 0.3) is 0 Å². The minimum atomic E-state index is -0.605. The molecule has 1 N–H and O–H groups in total. The molecule has 1 aliphatic heterocycles. The SMILES string of the molecule is Cc1ccc(OCCN2C(=O)COc3ccc(NC(=O)c4ccccc4F)cc32)cc1. The van der Waals surface area contributed by atoms with Gasteiger partial charge < -0.3 is 19.7 Å². The number of anilines is 2. The van der Waals surface area contributed by atoms with Crippen LogP contribution in [0, 0.1) is 12.7 Å². The highest BCUT2D eigenvalue weighted by Crippen LogP contribution is 2.34. The third-order valence-corrected chi connectivity index (χ3v) is 4.88. The fourth-order valence-electron chi connectivity index (χ4n) is 3.26. The molecule has 0 saturated heterocycles. The third kappa shape index (κ3) is 4.66. The minimum absolute atomic E-state index is 0.0594. The molecule has 0 spiro atoms. The highest BCUT2D eigenvalue weighted by atomic mass is 19.1. The average Bonchev–Trinajstić information content (AvgIpc) is 2.77. The normalized spacial score (nSPS) is 12.7. The largest absolute Gasteiger partial charge is 0.492 e. The number of aryl methyl sites for hydroxylation is 1. The molecule has 3 aromatic carbocycles. The molecule has 4 rings (SSSR count). The molecule has 0 aliphatic carbocycles. The summed E-state index contributed by atoms with van der Waals surface area (Å²) >= 11 is 0. The van der Waals surface area contributed by atoms with Crippen LogP contribution in [0.2, 0.25) is 0 Å². The smallest absolute Gasteiger partial charge is 0.265 e. The van der Waals surface area contributed by atoms with Crippen LogP contribution < -0.4 is 19.7 Å². The first kappa shape index (κ1) is 20.4. The van der Waals surface area contributed by atoms with Crippen molar-refractivity contribution in [2.75, 3.05) is 30.0 Å². The summed E-state index contributed by atoms with van der Waals surface area (Å²) < 4.78 is 25.1. The van der Waals surface area contributed by atoms with E-state index >= 15 is 0 Å². The highest BCUT2D eigenvalue weighted by molar-refractivity contribution is 6.05. The molecule has 31 heavy (non-hydrogen) atoms. The van der Waals surface area contributed by atoms with Crippen molar-refractivity contribution in [3.8, 4) is 11.5 Å². The van der Waals surface area contributed by atoms with Gasteiger partial charge in [0.25, 0.3) is 11.8 Å². The molecule has 1 aliphatic rings. The fourth-order valence-corrected chi connectivity index (χ4v) is 3.26. The minimum Gasteiger partial charge on any atom is -0.492 e. The Balaban J connectivity index is 1.48. The number of nitrogens with one attached hydrogen (secondary N) is 1. The standard InChI is InChI=1S/C24H21FN2O4/c1-16-6-9-18(10-7-16)30-13-12-27-21-14-17(8-11-22(21)31-15-23(27)28)26-24(29)19-4-2-3-5-20(19)25/h2-11,14H,12-13,15H2,1H3,(H,26,29). The third-order valence-electron chi connectivity index (χ3n) is 4.88. The Hall–Kier alpha value is -3.87.